The summed E-state index contributed by atoms with van der Waals surface area (Å²) in [6, 6.07) is 2.14. The third-order valence-electron chi connectivity index (χ3n) is 3.30. The maximum Gasteiger partial charge on any atom is 0.255 e. The Hall–Kier alpha value is -1.25. The summed E-state index contributed by atoms with van der Waals surface area (Å²) in [5.74, 6) is 0. The molecule has 1 aromatic heterocycles. The lowest BCUT2D eigenvalue weighted by atomic mass is 10.1. The highest BCUT2D eigenvalue weighted by Gasteiger charge is 2.19. The quantitative estimate of drug-likeness (QED) is 0.732. The molecule has 1 saturated heterocycles. The zero-order valence-corrected chi connectivity index (χ0v) is 9.71. The van der Waals surface area contributed by atoms with Crippen LogP contribution in [-0.2, 0) is 13.5 Å². The summed E-state index contributed by atoms with van der Waals surface area (Å²) in [5.41, 5.74) is 3.32. The number of pyridine rings is 1. The molecule has 15 heavy (non-hydrogen) atoms. The second kappa shape index (κ2) is 3.72. The monoisotopic (exact) mass is 206 g/mol. The van der Waals surface area contributed by atoms with Gasteiger partial charge in [0.05, 0.1) is 0 Å². The third kappa shape index (κ3) is 1.56. The number of hydrogen-bond acceptors (Lipinski definition) is 2. The molecular formula is C12H18N2O. The Morgan fingerprint density at radius 2 is 2.07 bits per heavy atom. The second-order valence-corrected chi connectivity index (χ2v) is 4.21. The lowest BCUT2D eigenvalue weighted by molar-refractivity contribution is 0.611. The highest BCUT2D eigenvalue weighted by atomic mass is 16.1. The molecule has 0 radical (unpaired) electrons. The van der Waals surface area contributed by atoms with Crippen LogP contribution in [0.4, 0.5) is 5.69 Å². The van der Waals surface area contributed by atoms with Gasteiger partial charge in [-0.3, -0.25) is 4.79 Å². The van der Waals surface area contributed by atoms with E-state index in [4.69, 9.17) is 0 Å². The highest BCUT2D eigenvalue weighted by molar-refractivity contribution is 5.55. The van der Waals surface area contributed by atoms with Gasteiger partial charge in [0.2, 0.25) is 0 Å². The summed E-state index contributed by atoms with van der Waals surface area (Å²) in [6.07, 6.45) is 2.07. The summed E-state index contributed by atoms with van der Waals surface area (Å²) in [4.78, 5) is 14.3. The van der Waals surface area contributed by atoms with Crippen LogP contribution in [0.3, 0.4) is 0 Å². The summed E-state index contributed by atoms with van der Waals surface area (Å²) >= 11 is 0. The van der Waals surface area contributed by atoms with Gasteiger partial charge < -0.3 is 9.47 Å². The van der Waals surface area contributed by atoms with E-state index in [9.17, 15) is 4.79 Å². The van der Waals surface area contributed by atoms with Crippen LogP contribution >= 0.6 is 0 Å². The van der Waals surface area contributed by atoms with E-state index in [2.05, 4.69) is 17.9 Å². The van der Waals surface area contributed by atoms with Gasteiger partial charge in [-0.25, -0.2) is 0 Å². The zero-order valence-electron chi connectivity index (χ0n) is 9.71. The first-order valence-electron chi connectivity index (χ1n) is 5.59. The Morgan fingerprint density at radius 1 is 1.40 bits per heavy atom. The average molecular weight is 206 g/mol. The second-order valence-electron chi connectivity index (χ2n) is 4.21. The normalized spacial score (nSPS) is 15.3. The van der Waals surface area contributed by atoms with Gasteiger partial charge in [-0.1, -0.05) is 6.92 Å². The van der Waals surface area contributed by atoms with Crippen LogP contribution in [-0.4, -0.2) is 17.7 Å². The molecule has 0 aliphatic carbocycles. The Bertz CT molecular complexity index is 430. The van der Waals surface area contributed by atoms with Gasteiger partial charge in [0, 0.05) is 37.1 Å². The molecule has 1 aromatic rings. The minimum atomic E-state index is 0.166. The van der Waals surface area contributed by atoms with E-state index in [1.54, 1.807) is 4.57 Å². The van der Waals surface area contributed by atoms with E-state index in [1.807, 2.05) is 14.0 Å². The van der Waals surface area contributed by atoms with Crippen molar-refractivity contribution in [2.24, 2.45) is 7.05 Å². The number of aromatic nitrogens is 1. The predicted octanol–water partition coefficient (Wildman–Crippen LogP) is 1.47. The molecule has 3 nitrogen and oxygen atoms in total. The first kappa shape index (κ1) is 10.3. The SMILES string of the molecule is CCc1c(N2CCC2)cc(C)n(C)c1=O. The summed E-state index contributed by atoms with van der Waals surface area (Å²) in [7, 11) is 1.84. The topological polar surface area (TPSA) is 25.2 Å². The number of hydrogen-bond donors (Lipinski definition) is 0. The fourth-order valence-corrected chi connectivity index (χ4v) is 2.03. The van der Waals surface area contributed by atoms with E-state index in [-0.39, 0.29) is 5.56 Å². The van der Waals surface area contributed by atoms with Crippen molar-refractivity contribution in [3.05, 3.63) is 27.7 Å². The zero-order chi connectivity index (χ0) is 11.0. The van der Waals surface area contributed by atoms with Gasteiger partial charge in [0.25, 0.3) is 5.56 Å². The molecule has 0 bridgehead atoms. The van der Waals surface area contributed by atoms with Crippen LogP contribution in [0.15, 0.2) is 10.9 Å². The molecule has 2 rings (SSSR count). The van der Waals surface area contributed by atoms with Gasteiger partial charge in [-0.2, -0.15) is 0 Å². The van der Waals surface area contributed by atoms with Crippen molar-refractivity contribution in [2.75, 3.05) is 18.0 Å². The molecule has 2 heterocycles. The first-order chi connectivity index (χ1) is 7.15. The summed E-state index contributed by atoms with van der Waals surface area (Å²) in [5, 5.41) is 0. The molecule has 0 saturated carbocycles. The van der Waals surface area contributed by atoms with Crippen LogP contribution < -0.4 is 10.5 Å². The number of nitrogens with zero attached hydrogens (tertiary/aromatic N) is 2. The Balaban J connectivity index is 2.57. The standard InChI is InChI=1S/C12H18N2O/c1-4-10-11(14-6-5-7-14)8-9(2)13(3)12(10)15/h8H,4-7H2,1-3H3. The van der Waals surface area contributed by atoms with Gasteiger partial charge in [-0.05, 0) is 25.8 Å². The van der Waals surface area contributed by atoms with Crippen molar-refractivity contribution in [2.45, 2.75) is 26.7 Å². The maximum absolute atomic E-state index is 12.0. The highest BCUT2D eigenvalue weighted by Crippen LogP contribution is 2.24. The summed E-state index contributed by atoms with van der Waals surface area (Å²) in [6.45, 7) is 6.23. The van der Waals surface area contributed by atoms with Crippen LogP contribution in [0.5, 0.6) is 0 Å². The predicted molar refractivity (Wildman–Crippen MR) is 62.6 cm³/mol. The van der Waals surface area contributed by atoms with Gasteiger partial charge in [0.1, 0.15) is 0 Å². The van der Waals surface area contributed by atoms with Gasteiger partial charge in [-0.15, -0.1) is 0 Å². The molecule has 0 aromatic carbocycles. The fraction of sp³-hybridized carbons (Fsp3) is 0.583. The van der Waals surface area contributed by atoms with Crippen LogP contribution in [0.25, 0.3) is 0 Å². The smallest absolute Gasteiger partial charge is 0.255 e. The molecule has 3 heteroatoms. The average Bonchev–Trinajstić information content (AvgIpc) is 2.12. The maximum atomic E-state index is 12.0. The molecule has 82 valence electrons. The summed E-state index contributed by atoms with van der Waals surface area (Å²) < 4.78 is 1.74. The number of rotatable bonds is 2. The molecule has 1 aliphatic heterocycles. The van der Waals surface area contributed by atoms with E-state index in [0.29, 0.717) is 0 Å². The Labute approximate surface area is 90.3 Å². The van der Waals surface area contributed by atoms with Gasteiger partial charge in [0.15, 0.2) is 0 Å². The molecule has 0 N–H and O–H groups in total. The van der Waals surface area contributed by atoms with E-state index in [0.717, 1.165) is 36.5 Å². The molecule has 0 amide bonds. The van der Waals surface area contributed by atoms with Crippen molar-refractivity contribution >= 4 is 5.69 Å². The minimum absolute atomic E-state index is 0.166. The van der Waals surface area contributed by atoms with E-state index >= 15 is 0 Å². The first-order valence-corrected chi connectivity index (χ1v) is 5.59. The van der Waals surface area contributed by atoms with Crippen LogP contribution in [0.2, 0.25) is 0 Å². The van der Waals surface area contributed by atoms with Crippen LogP contribution in [0, 0.1) is 6.92 Å². The van der Waals surface area contributed by atoms with E-state index in [1.165, 1.54) is 6.42 Å². The number of aryl methyl sites for hydroxylation is 1. The molecule has 0 spiro atoms. The molecule has 1 aliphatic rings. The largest absolute Gasteiger partial charge is 0.371 e. The Kier molecular flexibility index (Phi) is 2.55. The van der Waals surface area contributed by atoms with Crippen molar-refractivity contribution in [3.63, 3.8) is 0 Å². The Morgan fingerprint density at radius 3 is 2.53 bits per heavy atom. The van der Waals surface area contributed by atoms with Crippen LogP contribution in [0.1, 0.15) is 24.6 Å². The molecular weight excluding hydrogens is 188 g/mol. The molecule has 1 fully saturated rings. The number of anilines is 1. The lowest BCUT2D eigenvalue weighted by Crippen LogP contribution is -2.39. The fourth-order valence-electron chi connectivity index (χ4n) is 2.03. The van der Waals surface area contributed by atoms with E-state index < -0.39 is 0 Å². The van der Waals surface area contributed by atoms with Crippen molar-refractivity contribution in [3.8, 4) is 0 Å². The third-order valence-corrected chi connectivity index (χ3v) is 3.30. The lowest BCUT2D eigenvalue weighted by Gasteiger charge is -2.35. The molecule has 0 unspecified atom stereocenters. The minimum Gasteiger partial charge on any atom is -0.371 e. The molecule has 0 atom stereocenters. The van der Waals surface area contributed by atoms with Crippen molar-refractivity contribution < 1.29 is 0 Å². The van der Waals surface area contributed by atoms with Crippen molar-refractivity contribution in [1.29, 1.82) is 0 Å². The van der Waals surface area contributed by atoms with Crippen molar-refractivity contribution in [1.82, 2.24) is 4.57 Å². The van der Waals surface area contributed by atoms with Gasteiger partial charge >= 0.3 is 0 Å².